The molecule has 0 aliphatic rings. The Hall–Kier alpha value is -3.87. The number of carbonyl (C=O) groups is 3. The average molecular weight is 437 g/mol. The highest BCUT2D eigenvalue weighted by Crippen LogP contribution is 2.12. The van der Waals surface area contributed by atoms with E-state index < -0.39 is 5.97 Å². The molecule has 0 heterocycles. The lowest BCUT2D eigenvalue weighted by atomic mass is 10.2. The van der Waals surface area contributed by atoms with Gasteiger partial charge in [-0.25, -0.2) is 4.79 Å². The summed E-state index contributed by atoms with van der Waals surface area (Å²) in [4.78, 5) is 35.9. The molecule has 7 nitrogen and oxygen atoms in total. The van der Waals surface area contributed by atoms with Crippen molar-refractivity contribution in [2.45, 2.75) is 13.3 Å². The van der Waals surface area contributed by atoms with E-state index in [0.29, 0.717) is 36.4 Å². The summed E-state index contributed by atoms with van der Waals surface area (Å²) in [5.41, 5.74) is 1.80. The molecule has 2 amide bonds. The number of methoxy groups -OCH3 is 1. The molecule has 0 aliphatic carbocycles. The number of rotatable bonds is 11. The summed E-state index contributed by atoms with van der Waals surface area (Å²) >= 11 is 0. The number of hydrogen-bond donors (Lipinski definition) is 2. The van der Waals surface area contributed by atoms with Gasteiger partial charge in [-0.15, -0.1) is 0 Å². The van der Waals surface area contributed by atoms with Crippen LogP contribution in [-0.2, 0) is 14.3 Å². The van der Waals surface area contributed by atoms with E-state index in [1.165, 1.54) is 6.08 Å². The Bertz CT molecular complexity index is 950. The average Bonchev–Trinajstić information content (AvgIpc) is 2.82. The molecule has 0 unspecified atom stereocenters. The Morgan fingerprint density at radius 2 is 1.62 bits per heavy atom. The van der Waals surface area contributed by atoms with Gasteiger partial charge in [-0.3, -0.25) is 9.59 Å². The summed E-state index contributed by atoms with van der Waals surface area (Å²) in [7, 11) is 1.55. The van der Waals surface area contributed by atoms with Crippen LogP contribution in [0.1, 0.15) is 29.3 Å². The zero-order chi connectivity index (χ0) is 23.2. The number of nitrogens with one attached hydrogen (secondary N) is 2. The maximum atomic E-state index is 12.1. The predicted molar refractivity (Wildman–Crippen MR) is 123 cm³/mol. The monoisotopic (exact) mass is 436 g/mol. The smallest absolute Gasteiger partial charge is 0.338 e. The van der Waals surface area contributed by atoms with Crippen LogP contribution in [0, 0.1) is 0 Å². The van der Waals surface area contributed by atoms with E-state index in [4.69, 9.17) is 9.47 Å². The van der Waals surface area contributed by atoms with E-state index in [2.05, 4.69) is 10.6 Å². The number of esters is 1. The lowest BCUT2D eigenvalue weighted by molar-refractivity contribution is -0.117. The third-order valence-corrected chi connectivity index (χ3v) is 4.45. The van der Waals surface area contributed by atoms with Crippen molar-refractivity contribution in [3.63, 3.8) is 0 Å². The first-order valence-corrected chi connectivity index (χ1v) is 10.3. The fourth-order valence-corrected chi connectivity index (χ4v) is 2.58. The van der Waals surface area contributed by atoms with Crippen LogP contribution in [0.25, 0.3) is 6.08 Å². The maximum Gasteiger partial charge on any atom is 0.338 e. The third-order valence-electron chi connectivity index (χ3n) is 4.45. The first-order valence-electron chi connectivity index (χ1n) is 10.3. The van der Waals surface area contributed by atoms with E-state index >= 15 is 0 Å². The van der Waals surface area contributed by atoms with Gasteiger partial charge in [0.05, 0.1) is 12.7 Å². The maximum absolute atomic E-state index is 12.1. The quantitative estimate of drug-likeness (QED) is 0.321. The first kappa shape index (κ1) is 24.4. The van der Waals surface area contributed by atoms with Crippen LogP contribution in [0.5, 0.6) is 5.75 Å². The summed E-state index contributed by atoms with van der Waals surface area (Å²) in [6.07, 6.45) is 5.37. The van der Waals surface area contributed by atoms with Crippen molar-refractivity contribution in [2.75, 3.05) is 26.8 Å². The van der Waals surface area contributed by atoms with E-state index in [1.54, 1.807) is 50.5 Å². The molecule has 32 heavy (non-hydrogen) atoms. The van der Waals surface area contributed by atoms with Gasteiger partial charge in [0.25, 0.3) is 0 Å². The fourth-order valence-electron chi connectivity index (χ4n) is 2.58. The summed E-state index contributed by atoms with van der Waals surface area (Å²) in [5, 5.41) is 5.53. The van der Waals surface area contributed by atoms with E-state index in [-0.39, 0.29) is 18.4 Å². The minimum absolute atomic E-state index is 0.00603. The molecule has 0 aliphatic heterocycles. The first-order chi connectivity index (χ1) is 15.5. The third kappa shape index (κ3) is 8.87. The molecule has 0 saturated heterocycles. The zero-order valence-electron chi connectivity index (χ0n) is 18.3. The summed E-state index contributed by atoms with van der Waals surface area (Å²) in [6, 6.07) is 16.1. The number of benzene rings is 2. The second kappa shape index (κ2) is 13.4. The van der Waals surface area contributed by atoms with Gasteiger partial charge in [0, 0.05) is 24.7 Å². The fraction of sp³-hybridized carbons (Fsp3) is 0.240. The van der Waals surface area contributed by atoms with Crippen LogP contribution in [0.15, 0.2) is 72.3 Å². The lowest BCUT2D eigenvalue weighted by Gasteiger charge is -2.07. The molecule has 168 valence electrons. The normalized spacial score (nSPS) is 11.1. The topological polar surface area (TPSA) is 93.7 Å². The van der Waals surface area contributed by atoms with Gasteiger partial charge in [-0.2, -0.15) is 0 Å². The molecule has 7 heteroatoms. The zero-order valence-corrected chi connectivity index (χ0v) is 18.3. The Balaban J connectivity index is 1.61. The number of hydrogen-bond acceptors (Lipinski definition) is 5. The molecule has 0 atom stereocenters. The Labute approximate surface area is 188 Å². The van der Waals surface area contributed by atoms with Gasteiger partial charge in [0.15, 0.2) is 0 Å². The van der Waals surface area contributed by atoms with Crippen molar-refractivity contribution < 1.29 is 23.9 Å². The van der Waals surface area contributed by atoms with Crippen molar-refractivity contribution in [1.29, 1.82) is 0 Å². The predicted octanol–water partition coefficient (Wildman–Crippen LogP) is 3.13. The summed E-state index contributed by atoms with van der Waals surface area (Å²) < 4.78 is 10.2. The van der Waals surface area contributed by atoms with Crippen molar-refractivity contribution in [2.24, 2.45) is 0 Å². The number of carbonyl (C=O) groups excluding carboxylic acids is 3. The van der Waals surface area contributed by atoms with E-state index in [1.807, 2.05) is 30.3 Å². The van der Waals surface area contributed by atoms with Crippen molar-refractivity contribution in [1.82, 2.24) is 10.6 Å². The van der Waals surface area contributed by atoms with Gasteiger partial charge in [-0.1, -0.05) is 30.3 Å². The second-order valence-electron chi connectivity index (χ2n) is 6.86. The van der Waals surface area contributed by atoms with Crippen LogP contribution in [-0.4, -0.2) is 44.6 Å². The highest BCUT2D eigenvalue weighted by Gasteiger charge is 2.08. The minimum atomic E-state index is -0.478. The van der Waals surface area contributed by atoms with E-state index in [9.17, 15) is 14.4 Å². The molecule has 2 rings (SSSR count). The minimum Gasteiger partial charge on any atom is -0.497 e. The molecule has 0 saturated carbocycles. The highest BCUT2D eigenvalue weighted by molar-refractivity contribution is 5.93. The molecule has 0 bridgehead atoms. The van der Waals surface area contributed by atoms with E-state index in [0.717, 1.165) is 5.56 Å². The van der Waals surface area contributed by atoms with Crippen LogP contribution in [0.2, 0.25) is 0 Å². The highest BCUT2D eigenvalue weighted by atomic mass is 16.5. The molecule has 2 N–H and O–H groups in total. The number of amides is 2. The Kier molecular flexibility index (Phi) is 10.2. The standard InChI is InChI=1S/C25H28N2O5/c1-19(15-18-32-25(30)21-10-12-22(31-2)13-11-21)24(29)27-17-6-16-26-23(28)14-9-20-7-4-3-5-8-20/h3-5,7-15H,6,16-18H2,1-2H3,(H,26,28)(H,27,29)/b14-9+,19-15+. The molecule has 0 radical (unpaired) electrons. The van der Waals surface area contributed by atoms with Crippen LogP contribution < -0.4 is 15.4 Å². The number of ether oxygens (including phenoxy) is 2. The Morgan fingerprint density at radius 1 is 0.938 bits per heavy atom. The van der Waals surface area contributed by atoms with Gasteiger partial charge >= 0.3 is 5.97 Å². The lowest BCUT2D eigenvalue weighted by Crippen LogP contribution is -2.29. The SMILES string of the molecule is COc1ccc(C(=O)OC/C=C(\C)C(=O)NCCCNC(=O)/C=C/c2ccccc2)cc1. The van der Waals surface area contributed by atoms with Gasteiger partial charge in [0.2, 0.25) is 11.8 Å². The largest absolute Gasteiger partial charge is 0.497 e. The van der Waals surface area contributed by atoms with Crippen LogP contribution in [0.3, 0.4) is 0 Å². The molecular formula is C25H28N2O5. The van der Waals surface area contributed by atoms with Crippen molar-refractivity contribution in [3.05, 3.63) is 83.4 Å². The molecule has 2 aromatic carbocycles. The van der Waals surface area contributed by atoms with Crippen LogP contribution in [0.4, 0.5) is 0 Å². The molecule has 2 aromatic rings. The summed E-state index contributed by atoms with van der Waals surface area (Å²) in [5.74, 6) is -0.262. The van der Waals surface area contributed by atoms with Crippen LogP contribution >= 0.6 is 0 Å². The molecule has 0 spiro atoms. The van der Waals surface area contributed by atoms with Gasteiger partial charge in [-0.05, 0) is 55.3 Å². The summed E-state index contributed by atoms with van der Waals surface area (Å²) in [6.45, 7) is 2.50. The van der Waals surface area contributed by atoms with Crippen molar-refractivity contribution >= 4 is 23.9 Å². The molecular weight excluding hydrogens is 408 g/mol. The van der Waals surface area contributed by atoms with Gasteiger partial charge in [0.1, 0.15) is 12.4 Å². The molecule has 0 fully saturated rings. The van der Waals surface area contributed by atoms with Crippen molar-refractivity contribution in [3.8, 4) is 5.75 Å². The van der Waals surface area contributed by atoms with Gasteiger partial charge < -0.3 is 20.1 Å². The second-order valence-corrected chi connectivity index (χ2v) is 6.86. The molecule has 0 aromatic heterocycles. The Morgan fingerprint density at radius 3 is 2.31 bits per heavy atom.